The highest BCUT2D eigenvalue weighted by molar-refractivity contribution is 9.10. The molecule has 0 unspecified atom stereocenters. The molecule has 1 heterocycles. The zero-order valence-electron chi connectivity index (χ0n) is 11.2. The second-order valence-electron chi connectivity index (χ2n) is 4.97. The molecular weight excluding hydrogens is 304 g/mol. The van der Waals surface area contributed by atoms with Crippen molar-refractivity contribution in [2.45, 2.75) is 39.0 Å². The lowest BCUT2D eigenvalue weighted by molar-refractivity contribution is 0.448. The highest BCUT2D eigenvalue weighted by Gasteiger charge is 2.24. The molecule has 0 spiro atoms. The van der Waals surface area contributed by atoms with E-state index in [4.69, 9.17) is 0 Å². The minimum atomic E-state index is 0.332. The summed E-state index contributed by atoms with van der Waals surface area (Å²) in [6.07, 6.45) is 2.40. The maximum absolute atomic E-state index is 3.48. The number of benzene rings is 1. The Morgan fingerprint density at radius 3 is 2.22 bits per heavy atom. The largest absolute Gasteiger partial charge is 0.148 e. The summed E-state index contributed by atoms with van der Waals surface area (Å²) in [5.41, 5.74) is 2.98. The molecule has 0 aliphatic rings. The van der Waals surface area contributed by atoms with Gasteiger partial charge in [-0.25, -0.2) is 0 Å². The van der Waals surface area contributed by atoms with E-state index in [2.05, 4.69) is 72.4 Å². The third-order valence-electron chi connectivity index (χ3n) is 3.93. The Bertz CT molecular complexity index is 506. The Balaban J connectivity index is 2.33. The van der Waals surface area contributed by atoms with Gasteiger partial charge < -0.3 is 0 Å². The van der Waals surface area contributed by atoms with Gasteiger partial charge in [0.05, 0.1) is 0 Å². The number of halogens is 1. The zero-order chi connectivity index (χ0) is 13.2. The fraction of sp³-hybridized carbons (Fsp3) is 0.375. The van der Waals surface area contributed by atoms with Gasteiger partial charge in [-0.15, -0.1) is 11.3 Å². The smallest absolute Gasteiger partial charge is 0.0175 e. The molecule has 2 rings (SSSR count). The maximum Gasteiger partial charge on any atom is 0.0175 e. The molecule has 0 aliphatic carbocycles. The molecule has 2 aromatic rings. The van der Waals surface area contributed by atoms with E-state index < -0.39 is 0 Å². The molecule has 0 saturated heterocycles. The SMILES string of the molecule is CCC(C)(CC)c1cc(-c2ccc(Br)cc2)cs1. The van der Waals surface area contributed by atoms with E-state index in [0.29, 0.717) is 5.41 Å². The minimum Gasteiger partial charge on any atom is -0.148 e. The van der Waals surface area contributed by atoms with E-state index in [1.165, 1.54) is 28.8 Å². The van der Waals surface area contributed by atoms with Crippen molar-refractivity contribution in [2.24, 2.45) is 0 Å². The van der Waals surface area contributed by atoms with Gasteiger partial charge in [-0.05, 0) is 47.5 Å². The molecule has 0 atom stereocenters. The lowest BCUT2D eigenvalue weighted by Crippen LogP contribution is -2.17. The Kier molecular flexibility index (Phi) is 4.29. The average Bonchev–Trinajstić information content (AvgIpc) is 2.89. The predicted octanol–water partition coefficient (Wildman–Crippen LogP) is 6.26. The van der Waals surface area contributed by atoms with Gasteiger partial charge in [0.2, 0.25) is 0 Å². The van der Waals surface area contributed by atoms with Crippen LogP contribution in [0.15, 0.2) is 40.2 Å². The van der Waals surface area contributed by atoms with Gasteiger partial charge in [-0.2, -0.15) is 0 Å². The lowest BCUT2D eigenvalue weighted by atomic mass is 9.83. The van der Waals surface area contributed by atoms with Gasteiger partial charge in [-0.3, -0.25) is 0 Å². The maximum atomic E-state index is 3.48. The second kappa shape index (κ2) is 5.58. The van der Waals surface area contributed by atoms with E-state index in [1.807, 2.05) is 11.3 Å². The summed E-state index contributed by atoms with van der Waals surface area (Å²) in [6.45, 7) is 6.93. The second-order valence-corrected chi connectivity index (χ2v) is 6.80. The molecule has 0 N–H and O–H groups in total. The van der Waals surface area contributed by atoms with Crippen LogP contribution in [0.1, 0.15) is 38.5 Å². The van der Waals surface area contributed by atoms with Crippen molar-refractivity contribution in [1.29, 1.82) is 0 Å². The van der Waals surface area contributed by atoms with Gasteiger partial charge in [0.1, 0.15) is 0 Å². The van der Waals surface area contributed by atoms with Crippen LogP contribution in [-0.4, -0.2) is 0 Å². The van der Waals surface area contributed by atoms with Gasteiger partial charge in [0.25, 0.3) is 0 Å². The molecule has 1 aromatic heterocycles. The van der Waals surface area contributed by atoms with Gasteiger partial charge in [0, 0.05) is 14.8 Å². The van der Waals surface area contributed by atoms with Crippen LogP contribution in [0.5, 0.6) is 0 Å². The first-order valence-electron chi connectivity index (χ1n) is 6.44. The molecule has 0 bridgehead atoms. The topological polar surface area (TPSA) is 0 Å². The van der Waals surface area contributed by atoms with Crippen molar-refractivity contribution >= 4 is 27.3 Å². The summed E-state index contributed by atoms with van der Waals surface area (Å²) in [5.74, 6) is 0. The number of rotatable bonds is 4. The van der Waals surface area contributed by atoms with Crippen LogP contribution in [0.3, 0.4) is 0 Å². The van der Waals surface area contributed by atoms with E-state index in [-0.39, 0.29) is 0 Å². The third kappa shape index (κ3) is 2.70. The first-order valence-corrected chi connectivity index (χ1v) is 8.11. The molecule has 1 aromatic carbocycles. The quantitative estimate of drug-likeness (QED) is 0.623. The first kappa shape index (κ1) is 13.8. The summed E-state index contributed by atoms with van der Waals surface area (Å²) in [7, 11) is 0. The van der Waals surface area contributed by atoms with Crippen LogP contribution in [0.2, 0.25) is 0 Å². The van der Waals surface area contributed by atoms with E-state index in [0.717, 1.165) is 4.47 Å². The minimum absolute atomic E-state index is 0.332. The molecule has 0 saturated carbocycles. The zero-order valence-corrected chi connectivity index (χ0v) is 13.6. The molecule has 96 valence electrons. The molecule has 18 heavy (non-hydrogen) atoms. The molecule has 0 radical (unpaired) electrons. The molecule has 2 heteroatoms. The van der Waals surface area contributed by atoms with E-state index >= 15 is 0 Å². The number of thiophene rings is 1. The normalized spacial score (nSPS) is 11.8. The highest BCUT2D eigenvalue weighted by atomic mass is 79.9. The Morgan fingerprint density at radius 1 is 1.06 bits per heavy atom. The van der Waals surface area contributed by atoms with E-state index in [1.54, 1.807) is 0 Å². The highest BCUT2D eigenvalue weighted by Crippen LogP contribution is 2.38. The Morgan fingerprint density at radius 2 is 1.67 bits per heavy atom. The average molecular weight is 323 g/mol. The fourth-order valence-electron chi connectivity index (χ4n) is 2.04. The fourth-order valence-corrected chi connectivity index (χ4v) is 3.54. The van der Waals surface area contributed by atoms with Crippen molar-refractivity contribution in [1.82, 2.24) is 0 Å². The van der Waals surface area contributed by atoms with Crippen molar-refractivity contribution in [2.75, 3.05) is 0 Å². The van der Waals surface area contributed by atoms with Gasteiger partial charge in [-0.1, -0.05) is 48.8 Å². The van der Waals surface area contributed by atoms with Crippen LogP contribution < -0.4 is 0 Å². The van der Waals surface area contributed by atoms with Crippen LogP contribution >= 0.6 is 27.3 Å². The standard InChI is InChI=1S/C16H19BrS/c1-4-16(3,5-2)15-10-13(11-18-15)12-6-8-14(17)9-7-12/h6-11H,4-5H2,1-3H3. The predicted molar refractivity (Wildman–Crippen MR) is 85.4 cm³/mol. The van der Waals surface area contributed by atoms with E-state index in [9.17, 15) is 0 Å². The number of hydrogen-bond donors (Lipinski definition) is 0. The van der Waals surface area contributed by atoms with Crippen LogP contribution in [0.25, 0.3) is 11.1 Å². The van der Waals surface area contributed by atoms with Crippen LogP contribution in [0, 0.1) is 0 Å². The first-order chi connectivity index (χ1) is 8.59. The van der Waals surface area contributed by atoms with Crippen LogP contribution in [0.4, 0.5) is 0 Å². The van der Waals surface area contributed by atoms with Crippen molar-refractivity contribution in [3.8, 4) is 11.1 Å². The van der Waals surface area contributed by atoms with Crippen molar-refractivity contribution < 1.29 is 0 Å². The molecule has 0 fully saturated rings. The summed E-state index contributed by atoms with van der Waals surface area (Å²) in [5, 5.41) is 2.28. The summed E-state index contributed by atoms with van der Waals surface area (Å²) in [6, 6.07) is 10.9. The summed E-state index contributed by atoms with van der Waals surface area (Å²) < 4.78 is 1.13. The lowest BCUT2D eigenvalue weighted by Gasteiger charge is -2.25. The van der Waals surface area contributed by atoms with Crippen LogP contribution in [-0.2, 0) is 5.41 Å². The summed E-state index contributed by atoms with van der Waals surface area (Å²) in [4.78, 5) is 1.51. The van der Waals surface area contributed by atoms with Crippen molar-refractivity contribution in [3.63, 3.8) is 0 Å². The van der Waals surface area contributed by atoms with Gasteiger partial charge >= 0.3 is 0 Å². The third-order valence-corrected chi connectivity index (χ3v) is 5.70. The molecule has 0 amide bonds. The molecule has 0 aliphatic heterocycles. The van der Waals surface area contributed by atoms with Crippen molar-refractivity contribution in [3.05, 3.63) is 45.1 Å². The monoisotopic (exact) mass is 322 g/mol. The molecule has 0 nitrogen and oxygen atoms in total. The Labute approximate surface area is 122 Å². The Hall–Kier alpha value is -0.600. The summed E-state index contributed by atoms with van der Waals surface area (Å²) >= 11 is 5.37. The van der Waals surface area contributed by atoms with Gasteiger partial charge in [0.15, 0.2) is 0 Å². The number of hydrogen-bond acceptors (Lipinski definition) is 1. The molecular formula is C16H19BrS.